The van der Waals surface area contributed by atoms with Gasteiger partial charge in [0, 0.05) is 31.7 Å². The molecule has 0 saturated carbocycles. The average Bonchev–Trinajstić information content (AvgIpc) is 2.58. The number of hydrogen-bond acceptors (Lipinski definition) is 4. The number of benzene rings is 1. The summed E-state index contributed by atoms with van der Waals surface area (Å²) in [5.41, 5.74) is 2.47. The van der Waals surface area contributed by atoms with Crippen LogP contribution in [0.2, 0.25) is 0 Å². The number of hydrogen-bond donors (Lipinski definition) is 0. The average molecular weight is 400 g/mol. The Kier molecular flexibility index (Phi) is 5.88. The minimum atomic E-state index is -4.37. The van der Waals surface area contributed by atoms with Crippen LogP contribution in [-0.4, -0.2) is 62.4 Å². The molecule has 7 heteroatoms. The molecular weight excluding hydrogens is 369 g/mol. The van der Waals surface area contributed by atoms with Gasteiger partial charge in [-0.1, -0.05) is 20.8 Å². The van der Waals surface area contributed by atoms with Gasteiger partial charge in [0.1, 0.15) is 0 Å². The lowest BCUT2D eigenvalue weighted by molar-refractivity contribution is -0.153. The Morgan fingerprint density at radius 3 is 2.43 bits per heavy atom. The van der Waals surface area contributed by atoms with Crippen LogP contribution in [-0.2, 0) is 6.42 Å². The van der Waals surface area contributed by atoms with Crippen molar-refractivity contribution in [2.45, 2.75) is 51.9 Å². The summed E-state index contributed by atoms with van der Waals surface area (Å²) >= 11 is 0. The fourth-order valence-electron chi connectivity index (χ4n) is 4.38. The van der Waals surface area contributed by atoms with E-state index in [0.717, 1.165) is 43.6 Å². The predicted molar refractivity (Wildman–Crippen MR) is 103 cm³/mol. The summed E-state index contributed by atoms with van der Waals surface area (Å²) < 4.78 is 48.0. The van der Waals surface area contributed by atoms with Crippen molar-refractivity contribution in [2.24, 2.45) is 5.41 Å². The summed E-state index contributed by atoms with van der Waals surface area (Å²) in [5.74, 6) is 0.533. The van der Waals surface area contributed by atoms with Crippen LogP contribution in [0.3, 0.4) is 0 Å². The second-order valence-corrected chi connectivity index (χ2v) is 9.22. The topological polar surface area (TPSA) is 24.9 Å². The molecule has 0 spiro atoms. The largest absolute Gasteiger partial charge is 0.493 e. The van der Waals surface area contributed by atoms with Crippen LogP contribution in [0.15, 0.2) is 12.1 Å². The first-order chi connectivity index (χ1) is 13.0. The molecule has 2 heterocycles. The van der Waals surface area contributed by atoms with Gasteiger partial charge >= 0.3 is 6.18 Å². The van der Waals surface area contributed by atoms with E-state index >= 15 is 0 Å². The molecule has 0 aliphatic carbocycles. The number of ether oxygens (including phenoxy) is 2. The Morgan fingerprint density at radius 2 is 1.82 bits per heavy atom. The molecule has 1 aromatic rings. The molecule has 2 aliphatic rings. The molecule has 1 aromatic carbocycles. The van der Waals surface area contributed by atoms with Crippen LogP contribution in [0.5, 0.6) is 11.5 Å². The molecule has 2 aliphatic heterocycles. The highest BCUT2D eigenvalue weighted by Gasteiger charge is 2.38. The van der Waals surface area contributed by atoms with Gasteiger partial charge in [-0.15, -0.1) is 0 Å². The smallest absolute Gasteiger partial charge is 0.422 e. The summed E-state index contributed by atoms with van der Waals surface area (Å²) in [5, 5.41) is 0. The van der Waals surface area contributed by atoms with Crippen LogP contribution in [0.4, 0.5) is 13.2 Å². The number of fused-ring (bicyclic) bond motifs is 3. The van der Waals surface area contributed by atoms with E-state index in [1.807, 2.05) is 6.07 Å². The molecule has 2 atom stereocenters. The zero-order valence-electron chi connectivity index (χ0n) is 17.4. The summed E-state index contributed by atoms with van der Waals surface area (Å²) in [6.45, 7) is 8.32. The van der Waals surface area contributed by atoms with Gasteiger partial charge in [-0.2, -0.15) is 13.2 Å². The number of alkyl halides is 3. The number of likely N-dealkylation sites (N-methyl/N-ethyl adjacent to an activating group) is 1. The summed E-state index contributed by atoms with van der Waals surface area (Å²) in [6, 6.07) is 4.35. The predicted octanol–water partition coefficient (Wildman–Crippen LogP) is 4.29. The molecule has 0 aromatic heterocycles. The molecule has 1 saturated heterocycles. The van der Waals surface area contributed by atoms with Crippen LogP contribution >= 0.6 is 0 Å². The molecule has 0 radical (unpaired) electrons. The van der Waals surface area contributed by atoms with E-state index in [0.29, 0.717) is 11.8 Å². The third kappa shape index (κ3) is 4.92. The van der Waals surface area contributed by atoms with Crippen molar-refractivity contribution in [2.75, 3.05) is 40.4 Å². The molecule has 158 valence electrons. The van der Waals surface area contributed by atoms with Crippen molar-refractivity contribution in [1.82, 2.24) is 9.80 Å². The van der Waals surface area contributed by atoms with Crippen LogP contribution in [0.1, 0.15) is 44.4 Å². The number of rotatable bonds is 4. The molecule has 1 fully saturated rings. The van der Waals surface area contributed by atoms with E-state index < -0.39 is 12.8 Å². The summed E-state index contributed by atoms with van der Waals surface area (Å²) in [6.07, 6.45) is -2.43. The Hall–Kier alpha value is -1.47. The first-order valence-corrected chi connectivity index (χ1v) is 9.81. The maximum Gasteiger partial charge on any atom is 0.422 e. The molecule has 1 unspecified atom stereocenters. The fraction of sp³-hybridized carbons (Fsp3) is 0.714. The van der Waals surface area contributed by atoms with Gasteiger partial charge in [0.15, 0.2) is 18.1 Å². The monoisotopic (exact) mass is 400 g/mol. The van der Waals surface area contributed by atoms with E-state index in [9.17, 15) is 13.2 Å². The van der Waals surface area contributed by atoms with Gasteiger partial charge in [0.25, 0.3) is 0 Å². The molecule has 0 N–H and O–H groups in total. The van der Waals surface area contributed by atoms with E-state index in [1.165, 1.54) is 7.11 Å². The molecule has 0 amide bonds. The van der Waals surface area contributed by atoms with Crippen molar-refractivity contribution in [3.05, 3.63) is 23.3 Å². The molecule has 4 nitrogen and oxygen atoms in total. The van der Waals surface area contributed by atoms with Crippen LogP contribution in [0.25, 0.3) is 0 Å². The highest BCUT2D eigenvalue weighted by molar-refractivity contribution is 5.49. The van der Waals surface area contributed by atoms with Gasteiger partial charge in [0.05, 0.1) is 7.11 Å². The van der Waals surface area contributed by atoms with Crippen LogP contribution in [0, 0.1) is 5.41 Å². The van der Waals surface area contributed by atoms with Crippen molar-refractivity contribution in [3.63, 3.8) is 0 Å². The lowest BCUT2D eigenvalue weighted by atomic mass is 9.84. The summed E-state index contributed by atoms with van der Waals surface area (Å²) in [7, 11) is 3.63. The van der Waals surface area contributed by atoms with Crippen molar-refractivity contribution >= 4 is 0 Å². The molecule has 28 heavy (non-hydrogen) atoms. The van der Waals surface area contributed by atoms with Gasteiger partial charge in [-0.25, -0.2) is 0 Å². The molecule has 0 bridgehead atoms. The number of methoxy groups -OCH3 is 1. The van der Waals surface area contributed by atoms with Crippen molar-refractivity contribution < 1.29 is 22.6 Å². The standard InChI is InChI=1S/C21H31F3N2O2/c1-20(2,3)10-15-11-26-7-6-14-8-19(28-13-21(22,23)24)18(27-5)9-16(14)17(26)12-25(15)4/h8-9,15,17H,6-7,10-13H2,1-5H3/t15-,17?/m1/s1. The third-order valence-electron chi connectivity index (χ3n) is 5.66. The number of nitrogens with zero attached hydrogens (tertiary/aromatic N) is 2. The molecule has 3 rings (SSSR count). The fourth-order valence-corrected chi connectivity index (χ4v) is 4.38. The van der Waals surface area contributed by atoms with Crippen LogP contribution < -0.4 is 9.47 Å². The maximum atomic E-state index is 12.6. The zero-order chi connectivity index (χ0) is 20.7. The Morgan fingerprint density at radius 1 is 1.11 bits per heavy atom. The zero-order valence-corrected chi connectivity index (χ0v) is 17.4. The minimum Gasteiger partial charge on any atom is -0.493 e. The Balaban J connectivity index is 1.82. The summed E-state index contributed by atoms with van der Waals surface area (Å²) in [4.78, 5) is 4.93. The van der Waals surface area contributed by atoms with Crippen molar-refractivity contribution in [3.8, 4) is 11.5 Å². The van der Waals surface area contributed by atoms with E-state index in [1.54, 1.807) is 6.07 Å². The van der Waals surface area contributed by atoms with Gasteiger partial charge < -0.3 is 14.4 Å². The lowest BCUT2D eigenvalue weighted by Crippen LogP contribution is -2.55. The van der Waals surface area contributed by atoms with E-state index in [2.05, 4.69) is 37.6 Å². The quantitative estimate of drug-likeness (QED) is 0.753. The number of halogens is 3. The highest BCUT2D eigenvalue weighted by atomic mass is 19.4. The number of piperazine rings is 1. The minimum absolute atomic E-state index is 0.168. The normalized spacial score (nSPS) is 23.9. The van der Waals surface area contributed by atoms with Gasteiger partial charge in [0.2, 0.25) is 0 Å². The Bertz CT molecular complexity index is 700. The lowest BCUT2D eigenvalue weighted by Gasteiger charge is -2.49. The second kappa shape index (κ2) is 7.75. The van der Waals surface area contributed by atoms with Gasteiger partial charge in [-0.05, 0) is 48.6 Å². The van der Waals surface area contributed by atoms with Crippen molar-refractivity contribution in [1.29, 1.82) is 0 Å². The first kappa shape index (κ1) is 21.2. The Labute approximate surface area is 165 Å². The molecular formula is C21H31F3N2O2. The van der Waals surface area contributed by atoms with E-state index in [4.69, 9.17) is 9.47 Å². The highest BCUT2D eigenvalue weighted by Crippen LogP contribution is 2.41. The second-order valence-electron chi connectivity index (χ2n) is 9.22. The maximum absolute atomic E-state index is 12.6. The SMILES string of the molecule is COc1cc2c(cc1OCC(F)(F)F)CCN1C[C@@H](CC(C)(C)C)N(C)CC21. The van der Waals surface area contributed by atoms with Gasteiger partial charge in [-0.3, -0.25) is 4.90 Å². The third-order valence-corrected chi connectivity index (χ3v) is 5.66. The van der Waals surface area contributed by atoms with E-state index in [-0.39, 0.29) is 17.2 Å². The first-order valence-electron chi connectivity index (χ1n) is 9.81.